The average Bonchev–Trinajstić information content (AvgIpc) is 3.50. The first-order valence-corrected chi connectivity index (χ1v) is 13.3. The maximum Gasteiger partial charge on any atom is 0.171 e. The van der Waals surface area contributed by atoms with Gasteiger partial charge >= 0.3 is 0 Å². The molecule has 0 saturated heterocycles. The predicted molar refractivity (Wildman–Crippen MR) is 160 cm³/mol. The van der Waals surface area contributed by atoms with Crippen LogP contribution in [0, 0.1) is 10.8 Å². The molecule has 10 heteroatoms. The maximum absolute atomic E-state index is 12.6. The van der Waals surface area contributed by atoms with E-state index in [4.69, 9.17) is 16.6 Å². The normalized spacial score (nSPS) is 11.8. The molecule has 0 radical (unpaired) electrons. The molecular formula is C30H34ClN7O2. The third-order valence-electron chi connectivity index (χ3n) is 6.24. The van der Waals surface area contributed by atoms with Crippen LogP contribution >= 0.6 is 11.6 Å². The number of ketones is 2. The van der Waals surface area contributed by atoms with Gasteiger partial charge in [0.1, 0.15) is 16.2 Å². The van der Waals surface area contributed by atoms with Crippen molar-refractivity contribution in [1.82, 2.24) is 29.9 Å². The zero-order chi connectivity index (χ0) is 29.4. The number of hydrogen-bond donors (Lipinski definition) is 2. The number of H-pyrrole nitrogens is 2. The lowest BCUT2D eigenvalue weighted by Gasteiger charge is -2.15. The highest BCUT2D eigenvalue weighted by molar-refractivity contribution is 6.29. The van der Waals surface area contributed by atoms with Gasteiger partial charge in [0.15, 0.2) is 22.9 Å². The van der Waals surface area contributed by atoms with Crippen LogP contribution in [0.2, 0.25) is 5.15 Å². The second-order valence-electron chi connectivity index (χ2n) is 11.9. The summed E-state index contributed by atoms with van der Waals surface area (Å²) >= 11 is 5.77. The van der Waals surface area contributed by atoms with E-state index in [0.717, 1.165) is 16.9 Å². The molecular weight excluding hydrogens is 526 g/mol. The quantitative estimate of drug-likeness (QED) is 0.233. The average molecular weight is 560 g/mol. The molecule has 5 aromatic rings. The summed E-state index contributed by atoms with van der Waals surface area (Å²) in [5, 5.41) is 0.287. The minimum atomic E-state index is -0.461. The van der Waals surface area contributed by atoms with Crippen LogP contribution in [0.15, 0.2) is 49.1 Å². The molecule has 1 aromatic carbocycles. The smallest absolute Gasteiger partial charge is 0.171 e. The van der Waals surface area contributed by atoms with Gasteiger partial charge in [-0.3, -0.25) is 9.59 Å². The van der Waals surface area contributed by atoms with Crippen LogP contribution in [0.3, 0.4) is 0 Å². The van der Waals surface area contributed by atoms with Gasteiger partial charge in [-0.2, -0.15) is 0 Å². The molecule has 0 fully saturated rings. The number of carbonyl (C=O) groups excluding carboxylic acids is 2. The molecule has 0 atom stereocenters. The summed E-state index contributed by atoms with van der Waals surface area (Å²) in [6.07, 6.45) is 6.53. The largest absolute Gasteiger partial charge is 0.378 e. The number of nitrogens with one attached hydrogen (secondary N) is 2. The molecule has 0 bridgehead atoms. The molecule has 2 N–H and O–H groups in total. The molecule has 0 aliphatic rings. The fraction of sp³-hybridized carbons (Fsp3) is 0.333. The second-order valence-corrected chi connectivity index (χ2v) is 12.2. The number of Topliss-reactive ketones (excluding diaryl/α,β-unsaturated/α-hetero) is 2. The summed E-state index contributed by atoms with van der Waals surface area (Å²) < 4.78 is 0. The van der Waals surface area contributed by atoms with E-state index in [-0.39, 0.29) is 16.7 Å². The van der Waals surface area contributed by atoms with E-state index in [1.807, 2.05) is 78.7 Å². The standard InChI is InChI=1S/C19H22N4O.C11H12ClN3O/c1-19(2,3)17(24)14-10-20-18-16(14)22-15(11-21-18)12-7-6-8-13(9-12)23(4)5;1-11(2,3)9(16)6-4-13-10-8(6)15-7(12)5-14-10/h6-11H,1-5H3,(H,20,21);4-5H,1-3H3,(H,13,14). The topological polar surface area (TPSA) is 121 Å². The molecule has 40 heavy (non-hydrogen) atoms. The van der Waals surface area contributed by atoms with Crippen LogP contribution in [0.1, 0.15) is 62.3 Å². The highest BCUT2D eigenvalue weighted by Gasteiger charge is 2.27. The fourth-order valence-corrected chi connectivity index (χ4v) is 4.13. The van der Waals surface area contributed by atoms with Gasteiger partial charge in [0.25, 0.3) is 0 Å². The van der Waals surface area contributed by atoms with Gasteiger partial charge in [-0.1, -0.05) is 65.3 Å². The van der Waals surface area contributed by atoms with Gasteiger partial charge in [-0.25, -0.2) is 19.9 Å². The van der Waals surface area contributed by atoms with Crippen molar-refractivity contribution >= 4 is 51.2 Å². The molecule has 5 rings (SSSR count). The summed E-state index contributed by atoms with van der Waals surface area (Å²) in [4.78, 5) is 50.1. The lowest BCUT2D eigenvalue weighted by atomic mass is 9.87. The first-order valence-electron chi connectivity index (χ1n) is 12.9. The van der Waals surface area contributed by atoms with Gasteiger partial charge in [0.2, 0.25) is 0 Å². The Morgan fingerprint density at radius 1 is 0.800 bits per heavy atom. The van der Waals surface area contributed by atoms with E-state index in [1.54, 1.807) is 18.6 Å². The number of benzene rings is 1. The molecule has 0 unspecified atom stereocenters. The Balaban J connectivity index is 0.000000201. The lowest BCUT2D eigenvalue weighted by molar-refractivity contribution is 0.0854. The zero-order valence-corrected chi connectivity index (χ0v) is 24.8. The Morgan fingerprint density at radius 3 is 1.85 bits per heavy atom. The van der Waals surface area contributed by atoms with E-state index in [1.165, 1.54) is 6.20 Å². The first-order chi connectivity index (χ1) is 18.7. The first kappa shape index (κ1) is 28.9. The molecule has 9 nitrogen and oxygen atoms in total. The SMILES string of the molecule is CC(C)(C)C(=O)c1c[nH]c2ncc(Cl)nc12.CN(C)c1cccc(-c2cnc3[nH]cc(C(=O)C(C)(C)C)c3n2)c1. The van der Waals surface area contributed by atoms with Crippen LogP contribution in [-0.4, -0.2) is 55.6 Å². The molecule has 4 aromatic heterocycles. The van der Waals surface area contributed by atoms with Gasteiger partial charge in [0, 0.05) is 48.6 Å². The van der Waals surface area contributed by atoms with Crippen molar-refractivity contribution in [2.24, 2.45) is 10.8 Å². The third-order valence-corrected chi connectivity index (χ3v) is 6.42. The number of hydrogen-bond acceptors (Lipinski definition) is 7. The molecule has 0 spiro atoms. The Morgan fingerprint density at radius 2 is 1.32 bits per heavy atom. The maximum atomic E-state index is 12.6. The Labute approximate surface area is 238 Å². The van der Waals surface area contributed by atoms with Gasteiger partial charge in [0.05, 0.1) is 29.2 Å². The number of nitrogens with zero attached hydrogens (tertiary/aromatic N) is 5. The van der Waals surface area contributed by atoms with E-state index in [2.05, 4.69) is 31.0 Å². The monoisotopic (exact) mass is 559 g/mol. The van der Waals surface area contributed by atoms with Gasteiger partial charge in [-0.15, -0.1) is 0 Å². The Kier molecular flexibility index (Phi) is 7.81. The number of rotatable bonds is 4. The van der Waals surface area contributed by atoms with E-state index in [0.29, 0.717) is 33.5 Å². The number of fused-ring (bicyclic) bond motifs is 2. The van der Waals surface area contributed by atoms with Crippen LogP contribution in [-0.2, 0) is 0 Å². The van der Waals surface area contributed by atoms with Crippen LogP contribution in [0.25, 0.3) is 33.6 Å². The minimum Gasteiger partial charge on any atom is -0.378 e. The van der Waals surface area contributed by atoms with E-state index < -0.39 is 10.8 Å². The lowest BCUT2D eigenvalue weighted by Crippen LogP contribution is -2.20. The molecule has 0 aliphatic carbocycles. The zero-order valence-electron chi connectivity index (χ0n) is 24.0. The predicted octanol–water partition coefficient (Wildman–Crippen LogP) is 6.76. The third kappa shape index (κ3) is 6.04. The van der Waals surface area contributed by atoms with Crippen molar-refractivity contribution in [2.45, 2.75) is 41.5 Å². The summed E-state index contributed by atoms with van der Waals surface area (Å²) in [6, 6.07) is 8.10. The van der Waals surface area contributed by atoms with Crippen molar-refractivity contribution in [1.29, 1.82) is 0 Å². The summed E-state index contributed by atoms with van der Waals surface area (Å²) in [7, 11) is 4.00. The molecule has 208 valence electrons. The Hall–Kier alpha value is -4.11. The van der Waals surface area contributed by atoms with Crippen LogP contribution in [0.4, 0.5) is 5.69 Å². The van der Waals surface area contributed by atoms with Crippen LogP contribution in [0.5, 0.6) is 0 Å². The fourth-order valence-electron chi connectivity index (χ4n) is 4.00. The van der Waals surface area contributed by atoms with Crippen molar-refractivity contribution in [3.05, 3.63) is 65.3 Å². The summed E-state index contributed by atoms with van der Waals surface area (Å²) in [6.45, 7) is 11.3. The van der Waals surface area contributed by atoms with E-state index in [9.17, 15) is 9.59 Å². The van der Waals surface area contributed by atoms with Crippen molar-refractivity contribution in [2.75, 3.05) is 19.0 Å². The molecule has 0 saturated carbocycles. The van der Waals surface area contributed by atoms with Crippen molar-refractivity contribution in [3.63, 3.8) is 0 Å². The number of anilines is 1. The summed E-state index contributed by atoms with van der Waals surface area (Å²) in [5.41, 5.74) is 5.43. The minimum absolute atomic E-state index is 0.0234. The number of carbonyl (C=O) groups is 2. The van der Waals surface area contributed by atoms with Gasteiger partial charge in [-0.05, 0) is 12.1 Å². The van der Waals surface area contributed by atoms with Crippen molar-refractivity contribution in [3.8, 4) is 11.3 Å². The number of aromatic nitrogens is 6. The Bertz CT molecular complexity index is 1700. The molecule has 0 amide bonds. The van der Waals surface area contributed by atoms with Crippen molar-refractivity contribution < 1.29 is 9.59 Å². The molecule has 4 heterocycles. The highest BCUT2D eigenvalue weighted by Crippen LogP contribution is 2.28. The summed E-state index contributed by atoms with van der Waals surface area (Å²) in [5.74, 6) is 0.0811. The second kappa shape index (κ2) is 10.8. The molecule has 0 aliphatic heterocycles. The number of halogens is 1. The van der Waals surface area contributed by atoms with Crippen LogP contribution < -0.4 is 4.90 Å². The van der Waals surface area contributed by atoms with Gasteiger partial charge < -0.3 is 14.9 Å². The van der Waals surface area contributed by atoms with E-state index >= 15 is 0 Å². The number of aromatic amines is 2. The highest BCUT2D eigenvalue weighted by atomic mass is 35.5.